The lowest BCUT2D eigenvalue weighted by Crippen LogP contribution is -2.53. The fourth-order valence-corrected chi connectivity index (χ4v) is 13.6. The van der Waals surface area contributed by atoms with Gasteiger partial charge in [-0.05, 0) is 92.5 Å². The number of amides is 3. The van der Waals surface area contributed by atoms with Crippen LogP contribution in [0.15, 0.2) is 12.7 Å². The van der Waals surface area contributed by atoms with Gasteiger partial charge in [0.15, 0.2) is 11.6 Å². The molecular weight excluding hydrogens is 743 g/mol. The Morgan fingerprint density at radius 3 is 2.07 bits per heavy atom. The largest absolute Gasteiger partial charge is 0.345 e. The molecule has 7 atom stereocenters. The molecule has 6 fully saturated rings. The third-order valence-corrected chi connectivity index (χ3v) is 18.1. The number of hydrogen-bond acceptors (Lipinski definition) is 8. The third kappa shape index (κ3) is 7.35. The molecular formula is C44H71N5O7S. The Labute approximate surface area is 342 Å². The minimum Gasteiger partial charge on any atom is -0.345 e. The number of Topliss-reactive ketones (excluding diaryl/α,β-unsaturated/α-hetero) is 2. The number of likely N-dealkylation sites (tertiary alicyclic amines) is 2. The summed E-state index contributed by atoms with van der Waals surface area (Å²) in [5, 5.41) is 3.20. The molecule has 57 heavy (non-hydrogen) atoms. The molecule has 6 aliphatic rings. The number of nitrogens with one attached hydrogen (secondary N) is 2. The molecule has 2 heterocycles. The van der Waals surface area contributed by atoms with Crippen molar-refractivity contribution in [2.75, 3.05) is 32.7 Å². The first-order valence-corrected chi connectivity index (χ1v) is 23.5. The van der Waals surface area contributed by atoms with E-state index in [0.29, 0.717) is 19.4 Å². The van der Waals surface area contributed by atoms with Crippen molar-refractivity contribution < 1.29 is 32.4 Å². The van der Waals surface area contributed by atoms with Crippen molar-refractivity contribution in [2.45, 2.75) is 157 Å². The van der Waals surface area contributed by atoms with Gasteiger partial charge in [-0.15, -0.1) is 6.58 Å². The number of carbonyl (C=O) groups is 5. The van der Waals surface area contributed by atoms with Crippen LogP contribution in [0.5, 0.6) is 0 Å². The molecule has 4 saturated carbocycles. The quantitative estimate of drug-likeness (QED) is 0.185. The first-order chi connectivity index (χ1) is 26.7. The molecule has 0 radical (unpaired) electrons. The molecule has 13 heteroatoms. The summed E-state index contributed by atoms with van der Waals surface area (Å²) in [6, 6.07) is -1.73. The Balaban J connectivity index is 1.28. The molecule has 0 aromatic carbocycles. The van der Waals surface area contributed by atoms with Crippen molar-refractivity contribution in [3.8, 4) is 0 Å². The molecule has 0 bridgehead atoms. The Bertz CT molecular complexity index is 1720. The van der Waals surface area contributed by atoms with Gasteiger partial charge in [0.2, 0.25) is 17.7 Å². The zero-order valence-corrected chi connectivity index (χ0v) is 36.9. The van der Waals surface area contributed by atoms with Crippen molar-refractivity contribution in [3.05, 3.63) is 12.7 Å². The van der Waals surface area contributed by atoms with Crippen molar-refractivity contribution >= 4 is 39.5 Å². The normalized spacial score (nSPS) is 31.6. The highest BCUT2D eigenvalue weighted by molar-refractivity contribution is 7.87. The highest BCUT2D eigenvalue weighted by atomic mass is 32.2. The molecule has 4 aliphatic carbocycles. The second-order valence-electron chi connectivity index (χ2n) is 20.1. The Hall–Kier alpha value is -2.64. The van der Waals surface area contributed by atoms with Crippen molar-refractivity contribution in [2.24, 2.45) is 44.8 Å². The predicted molar refractivity (Wildman–Crippen MR) is 220 cm³/mol. The van der Waals surface area contributed by atoms with Gasteiger partial charge in [-0.25, -0.2) is 4.72 Å². The van der Waals surface area contributed by atoms with E-state index in [1.54, 1.807) is 24.8 Å². The van der Waals surface area contributed by atoms with Gasteiger partial charge in [0.1, 0.15) is 0 Å². The van der Waals surface area contributed by atoms with Crippen molar-refractivity contribution in [3.63, 3.8) is 0 Å². The van der Waals surface area contributed by atoms with E-state index in [4.69, 9.17) is 0 Å². The first-order valence-electron chi connectivity index (χ1n) is 22.1. The molecule has 2 saturated heterocycles. The van der Waals surface area contributed by atoms with Gasteiger partial charge in [0, 0.05) is 43.8 Å². The fraction of sp³-hybridized carbons (Fsp3) is 0.841. The maximum atomic E-state index is 15.3. The summed E-state index contributed by atoms with van der Waals surface area (Å²) in [5.74, 6) is -2.51. The van der Waals surface area contributed by atoms with E-state index in [-0.39, 0.29) is 83.4 Å². The standard InChI is InChI=1S/C44H71N5O7S/c1-10-30-25-42(30,39(54)46-57(55,56)48(12-3)13-4)27-35(51)33-26-44(41(8,9)43(44)21-17-22-43)28-49(33)38(53)31(40(5,6)7)24-34(50)36(29-18-14-15-19-29)45-37(52)32-20-16-23-47(32)11-2/h10,29-33,36H,1,11-28H2,2-9H3,(H,45,52)(H,46,54)/t30-,31-,32+,33+,36?,42-,44-/m1/s1. The van der Waals surface area contributed by atoms with Crippen LogP contribution >= 0.6 is 0 Å². The average molecular weight is 814 g/mol. The van der Waals surface area contributed by atoms with Gasteiger partial charge in [-0.3, -0.25) is 28.9 Å². The first kappa shape index (κ1) is 43.9. The SMILES string of the molecule is C=C[C@@H]1C[C@]1(CC(=O)[C@@H]1C[C@@]2(CN1C(=O)[C@@H](CC(=O)C(NC(=O)[C@@H]1CCCN1CC)C1CCCC1)C(C)(C)C)C(C)(C)C21CCC1)C(=O)NS(=O)(=O)N(CC)CC. The van der Waals surface area contributed by atoms with Gasteiger partial charge < -0.3 is 10.2 Å². The summed E-state index contributed by atoms with van der Waals surface area (Å²) in [6.45, 7) is 22.2. The Morgan fingerprint density at radius 1 is 0.912 bits per heavy atom. The zero-order valence-electron chi connectivity index (χ0n) is 36.1. The highest BCUT2D eigenvalue weighted by Crippen LogP contribution is 2.88. The van der Waals surface area contributed by atoms with Crippen LogP contribution in [0, 0.1) is 44.8 Å². The van der Waals surface area contributed by atoms with Gasteiger partial charge in [0.05, 0.1) is 23.5 Å². The topological polar surface area (TPSA) is 153 Å². The summed E-state index contributed by atoms with van der Waals surface area (Å²) in [4.78, 5) is 76.2. The zero-order chi connectivity index (χ0) is 41.9. The average Bonchev–Trinajstić information content (AvgIpc) is 3.54. The van der Waals surface area contributed by atoms with E-state index in [1.807, 2.05) is 20.8 Å². The number of likely N-dealkylation sites (N-methyl/N-ethyl adjacent to an activating group) is 1. The van der Waals surface area contributed by atoms with Crippen LogP contribution in [-0.2, 0) is 34.2 Å². The Kier molecular flexibility index (Phi) is 12.1. The molecule has 6 rings (SSSR count). The van der Waals surface area contributed by atoms with Crippen LogP contribution in [0.25, 0.3) is 0 Å². The molecule has 0 aromatic heterocycles. The van der Waals surface area contributed by atoms with E-state index in [9.17, 15) is 27.6 Å². The number of nitrogens with zero attached hydrogens (tertiary/aromatic N) is 3. The second-order valence-corrected chi connectivity index (χ2v) is 21.8. The van der Waals surface area contributed by atoms with E-state index < -0.39 is 44.9 Å². The van der Waals surface area contributed by atoms with E-state index in [1.165, 1.54) is 4.31 Å². The monoisotopic (exact) mass is 814 g/mol. The van der Waals surface area contributed by atoms with Crippen LogP contribution < -0.4 is 10.0 Å². The summed E-state index contributed by atoms with van der Waals surface area (Å²) in [6.07, 6.45) is 10.8. The van der Waals surface area contributed by atoms with Gasteiger partial charge in [-0.1, -0.05) is 80.7 Å². The number of hydrogen-bond donors (Lipinski definition) is 2. The van der Waals surface area contributed by atoms with E-state index in [2.05, 4.69) is 42.3 Å². The number of carbonyl (C=O) groups excluding carboxylic acids is 5. The molecule has 2 N–H and O–H groups in total. The predicted octanol–water partition coefficient (Wildman–Crippen LogP) is 5.42. The van der Waals surface area contributed by atoms with Crippen LogP contribution in [-0.4, -0.2) is 103 Å². The van der Waals surface area contributed by atoms with Crippen molar-refractivity contribution in [1.82, 2.24) is 24.1 Å². The maximum absolute atomic E-state index is 15.3. The van der Waals surface area contributed by atoms with Gasteiger partial charge >= 0.3 is 10.2 Å². The third-order valence-electron chi connectivity index (χ3n) is 16.4. The molecule has 3 amide bonds. The van der Waals surface area contributed by atoms with E-state index >= 15 is 4.79 Å². The Morgan fingerprint density at radius 2 is 1.56 bits per heavy atom. The van der Waals surface area contributed by atoms with Crippen LogP contribution in [0.4, 0.5) is 0 Å². The minimum atomic E-state index is -4.12. The summed E-state index contributed by atoms with van der Waals surface area (Å²) < 4.78 is 29.7. The number of fused-ring (bicyclic) bond motifs is 1. The van der Waals surface area contributed by atoms with E-state index in [0.717, 1.165) is 70.9 Å². The van der Waals surface area contributed by atoms with Gasteiger partial charge in [-0.2, -0.15) is 12.7 Å². The molecule has 1 unspecified atom stereocenters. The van der Waals surface area contributed by atoms with Gasteiger partial charge in [0.25, 0.3) is 0 Å². The highest BCUT2D eigenvalue weighted by Gasteiger charge is 2.85. The number of ketones is 2. The fourth-order valence-electron chi connectivity index (χ4n) is 12.4. The maximum Gasteiger partial charge on any atom is 0.303 e. The summed E-state index contributed by atoms with van der Waals surface area (Å²) in [5.41, 5.74) is -2.24. The lowest BCUT2D eigenvalue weighted by molar-refractivity contribution is -0.147. The molecule has 12 nitrogen and oxygen atoms in total. The summed E-state index contributed by atoms with van der Waals surface area (Å²) >= 11 is 0. The molecule has 0 aromatic rings. The molecule has 2 spiro atoms. The van der Waals surface area contributed by atoms with Crippen LogP contribution in [0.1, 0.15) is 139 Å². The van der Waals surface area contributed by atoms with Crippen LogP contribution in [0.2, 0.25) is 0 Å². The lowest BCUT2D eigenvalue weighted by atomic mass is 9.73. The summed E-state index contributed by atoms with van der Waals surface area (Å²) in [7, 11) is -4.12. The second kappa shape index (κ2) is 15.8. The minimum absolute atomic E-state index is 0.0213. The number of rotatable bonds is 17. The van der Waals surface area contributed by atoms with Crippen molar-refractivity contribution in [1.29, 1.82) is 0 Å². The lowest BCUT2D eigenvalue weighted by Gasteiger charge is -2.36. The molecule has 2 aliphatic heterocycles. The molecule has 320 valence electrons. The number of allylic oxidation sites excluding steroid dienone is 1. The van der Waals surface area contributed by atoms with Crippen LogP contribution in [0.3, 0.4) is 0 Å². The smallest absolute Gasteiger partial charge is 0.303 e.